The Labute approximate surface area is 427 Å². The number of carbonyl (C=O) groups is 4. The fourth-order valence-electron chi connectivity index (χ4n) is 12.4. The maximum Gasteiger partial charge on any atom is 0.413 e. The minimum Gasteiger partial charge on any atom is -0.427 e. The summed E-state index contributed by atoms with van der Waals surface area (Å²) >= 11 is 0. The van der Waals surface area contributed by atoms with Gasteiger partial charge in [-0.15, -0.1) is 0 Å². The van der Waals surface area contributed by atoms with E-state index in [1.165, 1.54) is 47.1 Å². The van der Waals surface area contributed by atoms with Crippen LogP contribution in [0.3, 0.4) is 0 Å². The van der Waals surface area contributed by atoms with Gasteiger partial charge in [-0.2, -0.15) is 0 Å². The fourth-order valence-corrected chi connectivity index (χ4v) is 12.4. The molecule has 374 valence electrons. The van der Waals surface area contributed by atoms with Gasteiger partial charge in [-0.05, 0) is 150 Å². The van der Waals surface area contributed by atoms with Crippen molar-refractivity contribution in [1.29, 1.82) is 0 Å². The van der Waals surface area contributed by atoms with E-state index in [4.69, 9.17) is 19.5 Å². The molecule has 73 heavy (non-hydrogen) atoms. The molecule has 11 rings (SSSR count). The van der Waals surface area contributed by atoms with Crippen molar-refractivity contribution in [3.05, 3.63) is 144 Å². The van der Waals surface area contributed by atoms with Gasteiger partial charge in [0.25, 0.3) is 0 Å². The van der Waals surface area contributed by atoms with E-state index in [9.17, 15) is 19.2 Å². The molecular formula is C61H64N6O6. The van der Waals surface area contributed by atoms with Gasteiger partial charge in [0.1, 0.15) is 23.4 Å². The lowest BCUT2D eigenvalue weighted by Gasteiger charge is -2.30. The van der Waals surface area contributed by atoms with Crippen molar-refractivity contribution in [2.24, 2.45) is 22.7 Å². The van der Waals surface area contributed by atoms with Crippen molar-refractivity contribution < 1.29 is 28.7 Å². The summed E-state index contributed by atoms with van der Waals surface area (Å²) in [6.07, 6.45) is 9.02. The van der Waals surface area contributed by atoms with Crippen LogP contribution in [-0.4, -0.2) is 74.5 Å². The van der Waals surface area contributed by atoms with Crippen molar-refractivity contribution in [2.45, 2.75) is 115 Å². The van der Waals surface area contributed by atoms with Gasteiger partial charge in [0.05, 0.1) is 35.5 Å². The van der Waals surface area contributed by atoms with E-state index in [2.05, 4.69) is 64.9 Å². The van der Waals surface area contributed by atoms with Gasteiger partial charge in [-0.3, -0.25) is 19.4 Å². The number of hydrogen-bond donors (Lipinski definition) is 2. The number of hydrogen-bond acceptors (Lipinski definition) is 8. The average molecular weight is 977 g/mol. The average Bonchev–Trinajstić information content (AvgIpc) is 4.27. The van der Waals surface area contributed by atoms with E-state index in [0.717, 1.165) is 65.0 Å². The molecular weight excluding hydrogens is 913 g/mol. The number of benzene rings is 5. The van der Waals surface area contributed by atoms with Crippen molar-refractivity contribution in [3.8, 4) is 33.8 Å². The number of amides is 3. The molecule has 5 aliphatic rings. The second-order valence-electron chi connectivity index (χ2n) is 21.4. The number of aromatic nitrogens is 2. The molecule has 3 fully saturated rings. The summed E-state index contributed by atoms with van der Waals surface area (Å²) in [6.45, 7) is 9.11. The van der Waals surface area contributed by atoms with Crippen LogP contribution in [0.2, 0.25) is 0 Å². The number of esters is 1. The molecule has 6 aromatic rings. The van der Waals surface area contributed by atoms with Crippen LogP contribution < -0.4 is 14.8 Å². The minimum absolute atomic E-state index is 0.00318. The third kappa shape index (κ3) is 9.60. The SMILES string of the molecule is CC(C)[C@H](CC(=O)Oc1ccccc1)C(=O)N1CCC[C@H]1C1=NC=C(c2ccc(-c3ccc(-c4ccc5nc([C@@H]6CCCN6C(=O)[C@@H](NC(=O)Oc6ccccc6)C(C)C)[nH]c5c4)c4c3C3CCC4C3)cc2)C1. The monoisotopic (exact) mass is 976 g/mol. The first-order valence-corrected chi connectivity index (χ1v) is 26.4. The molecule has 5 aromatic carbocycles. The predicted octanol–water partition coefficient (Wildman–Crippen LogP) is 12.2. The Morgan fingerprint density at radius 3 is 1.93 bits per heavy atom. The number of aliphatic imine (C=N–C) groups is 1. The van der Waals surface area contributed by atoms with Gasteiger partial charge >= 0.3 is 12.1 Å². The number of para-hydroxylation sites is 2. The van der Waals surface area contributed by atoms with Gasteiger partial charge in [-0.25, -0.2) is 9.78 Å². The lowest BCUT2D eigenvalue weighted by molar-refractivity contribution is -0.144. The third-order valence-electron chi connectivity index (χ3n) is 16.1. The van der Waals surface area contributed by atoms with Crippen molar-refractivity contribution >= 4 is 46.2 Å². The molecule has 0 radical (unpaired) electrons. The molecule has 2 saturated heterocycles. The van der Waals surface area contributed by atoms with E-state index in [1.54, 1.807) is 36.4 Å². The molecule has 2 aliphatic carbocycles. The number of allylic oxidation sites excluding steroid dienone is 1. The number of nitrogens with one attached hydrogen (secondary N) is 2. The summed E-state index contributed by atoms with van der Waals surface area (Å²) in [7, 11) is 0. The number of H-pyrrole nitrogens is 1. The fraction of sp³-hybridized carbons (Fsp3) is 0.377. The van der Waals surface area contributed by atoms with E-state index in [-0.39, 0.29) is 42.2 Å². The molecule has 12 nitrogen and oxygen atoms in total. The van der Waals surface area contributed by atoms with Gasteiger partial charge in [-0.1, -0.05) is 107 Å². The Morgan fingerprint density at radius 1 is 0.671 bits per heavy atom. The standard InChI is InChI=1S/C61H64N6O6/c1-36(2)48(34-54(68)72-44-13-7-5-8-14-44)59(69)66-29-11-17-52(66)51-33-43(35-62-51)38-19-21-39(22-20-38)46-26-27-47(56-42-24-23-41(31-42)55(46)56)40-25-28-49-50(32-40)64-58(63-49)53-18-12-30-67(53)60(70)57(37(3)4)65-61(71)73-45-15-9-6-10-16-45/h5-10,13-16,19-22,25-28,32,35-37,41-42,48,52-53,57H,11-12,17-18,23-24,29-31,33-34H2,1-4H3,(H,63,64)(H,65,71)/t41?,42?,48-,52-,53-,57-/m0/s1. The molecule has 2 N–H and O–H groups in total. The number of rotatable bonds is 14. The Kier molecular flexibility index (Phi) is 13.3. The zero-order chi connectivity index (χ0) is 50.3. The molecule has 2 unspecified atom stereocenters. The maximum absolute atomic E-state index is 14.2. The minimum atomic E-state index is -0.747. The summed E-state index contributed by atoms with van der Waals surface area (Å²) in [5, 5.41) is 2.84. The van der Waals surface area contributed by atoms with Crippen molar-refractivity contribution in [2.75, 3.05) is 13.1 Å². The Bertz CT molecular complexity index is 3120. The Hall–Kier alpha value is -7.34. The quantitative estimate of drug-likeness (QED) is 0.0816. The second-order valence-corrected chi connectivity index (χ2v) is 21.4. The van der Waals surface area contributed by atoms with E-state index in [0.29, 0.717) is 42.8 Å². The zero-order valence-corrected chi connectivity index (χ0v) is 42.2. The molecule has 3 amide bonds. The molecule has 1 saturated carbocycles. The van der Waals surface area contributed by atoms with Crippen LogP contribution in [0.25, 0.3) is 38.9 Å². The molecule has 6 atom stereocenters. The van der Waals surface area contributed by atoms with Crippen molar-refractivity contribution in [1.82, 2.24) is 25.1 Å². The number of ether oxygens (including phenoxy) is 2. The normalized spacial score (nSPS) is 20.8. The number of carbonyl (C=O) groups excluding carboxylic acids is 4. The van der Waals surface area contributed by atoms with Crippen LogP contribution in [0.5, 0.6) is 11.5 Å². The zero-order valence-electron chi connectivity index (χ0n) is 42.2. The first kappa shape index (κ1) is 48.0. The first-order chi connectivity index (χ1) is 35.5. The molecule has 3 aliphatic heterocycles. The van der Waals surface area contributed by atoms with Crippen LogP contribution in [0.1, 0.15) is 126 Å². The summed E-state index contributed by atoms with van der Waals surface area (Å²) < 4.78 is 11.1. The molecule has 12 heteroatoms. The molecule has 1 aromatic heterocycles. The van der Waals surface area contributed by atoms with Gasteiger partial charge in [0, 0.05) is 31.4 Å². The predicted molar refractivity (Wildman–Crippen MR) is 284 cm³/mol. The van der Waals surface area contributed by atoms with Gasteiger partial charge < -0.3 is 29.6 Å². The number of nitrogens with zero attached hydrogens (tertiary/aromatic N) is 4. The van der Waals surface area contributed by atoms with Crippen LogP contribution in [-0.2, 0) is 14.4 Å². The number of likely N-dealkylation sites (tertiary alicyclic amines) is 2. The molecule has 0 spiro atoms. The maximum atomic E-state index is 14.2. The topological polar surface area (TPSA) is 146 Å². The summed E-state index contributed by atoms with van der Waals surface area (Å²) in [5.74, 6) is 1.55. The first-order valence-electron chi connectivity index (χ1n) is 26.4. The highest BCUT2D eigenvalue weighted by molar-refractivity contribution is 6.03. The van der Waals surface area contributed by atoms with E-state index >= 15 is 0 Å². The highest BCUT2D eigenvalue weighted by atomic mass is 16.6. The third-order valence-corrected chi connectivity index (χ3v) is 16.1. The van der Waals surface area contributed by atoms with Crippen LogP contribution >= 0.6 is 0 Å². The second kappa shape index (κ2) is 20.3. The van der Waals surface area contributed by atoms with Crippen molar-refractivity contribution in [3.63, 3.8) is 0 Å². The van der Waals surface area contributed by atoms with E-state index in [1.807, 2.05) is 68.0 Å². The molecule has 2 bridgehead atoms. The molecule has 4 heterocycles. The number of aromatic amines is 1. The highest BCUT2D eigenvalue weighted by Gasteiger charge is 2.42. The van der Waals surface area contributed by atoms with Crippen LogP contribution in [0, 0.1) is 17.8 Å². The summed E-state index contributed by atoms with van der Waals surface area (Å²) in [6, 6.07) is 36.9. The van der Waals surface area contributed by atoms with Gasteiger partial charge in [0.2, 0.25) is 11.8 Å². The smallest absolute Gasteiger partial charge is 0.413 e. The van der Waals surface area contributed by atoms with E-state index < -0.39 is 24.0 Å². The largest absolute Gasteiger partial charge is 0.427 e. The highest BCUT2D eigenvalue weighted by Crippen LogP contribution is 2.58. The van der Waals surface area contributed by atoms with Gasteiger partial charge in [0.15, 0.2) is 0 Å². The lowest BCUT2D eigenvalue weighted by atomic mass is 9.81. The number of imidazole rings is 1. The number of fused-ring (bicyclic) bond motifs is 6. The summed E-state index contributed by atoms with van der Waals surface area (Å²) in [5.41, 5.74) is 13.0. The summed E-state index contributed by atoms with van der Waals surface area (Å²) in [4.78, 5) is 71.6. The Balaban J connectivity index is 0.771. The Morgan fingerprint density at radius 2 is 1.27 bits per heavy atom. The van der Waals surface area contributed by atoms with Crippen LogP contribution in [0.4, 0.5) is 4.79 Å². The van der Waals surface area contributed by atoms with Crippen LogP contribution in [0.15, 0.2) is 126 Å². The lowest BCUT2D eigenvalue weighted by Crippen LogP contribution is -2.51.